The van der Waals surface area contributed by atoms with Crippen LogP contribution in [-0.4, -0.2) is 74.8 Å². The molecular weight excluding hydrogens is 434 g/mol. The predicted molar refractivity (Wildman–Crippen MR) is 114 cm³/mol. The third-order valence-corrected chi connectivity index (χ3v) is 5.47. The fraction of sp³-hybridized carbons (Fsp3) is 0.333. The fourth-order valence-electron chi connectivity index (χ4n) is 3.85. The van der Waals surface area contributed by atoms with E-state index in [1.54, 1.807) is 28.8 Å². The number of nitrogens with zero attached hydrogens (tertiary/aromatic N) is 4. The molecule has 4 heterocycles. The number of imidazole rings is 1. The van der Waals surface area contributed by atoms with Crippen LogP contribution in [0.5, 0.6) is 0 Å². The number of benzene rings is 1. The molecule has 1 fully saturated rings. The third kappa shape index (κ3) is 3.68. The van der Waals surface area contributed by atoms with E-state index in [0.717, 1.165) is 0 Å². The molecule has 3 aromatic heterocycles. The summed E-state index contributed by atoms with van der Waals surface area (Å²) in [5.74, 6) is -0.0221. The lowest BCUT2D eigenvalue weighted by Crippen LogP contribution is -2.33. The maximum Gasteiger partial charge on any atom is 0.373 e. The summed E-state index contributed by atoms with van der Waals surface area (Å²) in [6, 6.07) is 6.89. The normalized spacial score (nSPS) is 22.8. The molecule has 0 bridgehead atoms. The quantitative estimate of drug-likeness (QED) is 0.361. The van der Waals surface area contributed by atoms with Crippen molar-refractivity contribution in [2.45, 2.75) is 24.5 Å². The average molecular weight is 455 g/mol. The van der Waals surface area contributed by atoms with E-state index < -0.39 is 30.5 Å². The highest BCUT2D eigenvalue weighted by Crippen LogP contribution is 2.33. The van der Waals surface area contributed by atoms with E-state index in [1.165, 1.54) is 26.9 Å². The first-order chi connectivity index (χ1) is 16.0. The van der Waals surface area contributed by atoms with Gasteiger partial charge in [-0.3, -0.25) is 4.57 Å². The van der Waals surface area contributed by atoms with E-state index in [0.29, 0.717) is 33.6 Å². The minimum Gasteiger partial charge on any atom is -0.463 e. The van der Waals surface area contributed by atoms with E-state index in [-0.39, 0.29) is 12.4 Å². The molecule has 1 aliphatic rings. The molecule has 12 heteroatoms. The summed E-state index contributed by atoms with van der Waals surface area (Å²) < 4.78 is 22.6. The Hall–Kier alpha value is -3.58. The first kappa shape index (κ1) is 21.3. The second-order valence-electron chi connectivity index (χ2n) is 7.53. The highest BCUT2D eigenvalue weighted by atomic mass is 16.6. The van der Waals surface area contributed by atoms with Gasteiger partial charge in [-0.25, -0.2) is 19.7 Å². The fourth-order valence-corrected chi connectivity index (χ4v) is 3.85. The number of fused-ring (bicyclic) bond motifs is 2. The van der Waals surface area contributed by atoms with Crippen molar-refractivity contribution in [2.75, 3.05) is 26.1 Å². The SMILES string of the molecule is COC[C@H]1O[C@@H](n2cnc3c(Nc4ccc5oc(C(=O)OC)cc5c4)ncnc32)[C@H](O)[C@@H]1O. The highest BCUT2D eigenvalue weighted by Gasteiger charge is 2.44. The molecule has 0 saturated carbocycles. The topological polar surface area (TPSA) is 154 Å². The van der Waals surface area contributed by atoms with Gasteiger partial charge in [-0.2, -0.15) is 0 Å². The van der Waals surface area contributed by atoms with Gasteiger partial charge in [-0.1, -0.05) is 0 Å². The molecule has 0 spiro atoms. The number of rotatable bonds is 6. The van der Waals surface area contributed by atoms with Crippen LogP contribution in [0, 0.1) is 0 Å². The summed E-state index contributed by atoms with van der Waals surface area (Å²) >= 11 is 0. The van der Waals surface area contributed by atoms with Crippen LogP contribution in [0.25, 0.3) is 22.1 Å². The van der Waals surface area contributed by atoms with Crippen molar-refractivity contribution < 1.29 is 33.6 Å². The summed E-state index contributed by atoms with van der Waals surface area (Å²) in [7, 11) is 2.78. The number of hydrogen-bond donors (Lipinski definition) is 3. The van der Waals surface area contributed by atoms with Gasteiger partial charge in [0.15, 0.2) is 23.2 Å². The van der Waals surface area contributed by atoms with E-state index in [4.69, 9.17) is 18.6 Å². The zero-order chi connectivity index (χ0) is 23.1. The Morgan fingerprint density at radius 1 is 1.18 bits per heavy atom. The van der Waals surface area contributed by atoms with Gasteiger partial charge < -0.3 is 34.2 Å². The lowest BCUT2D eigenvalue weighted by Gasteiger charge is -2.16. The van der Waals surface area contributed by atoms with Gasteiger partial charge in [0, 0.05) is 18.2 Å². The van der Waals surface area contributed by atoms with Crippen LogP contribution in [0.3, 0.4) is 0 Å². The number of nitrogens with one attached hydrogen (secondary N) is 1. The molecule has 1 aromatic carbocycles. The molecule has 0 aliphatic carbocycles. The molecule has 1 aliphatic heterocycles. The van der Waals surface area contributed by atoms with Crippen molar-refractivity contribution in [1.82, 2.24) is 19.5 Å². The average Bonchev–Trinajstić information content (AvgIpc) is 3.51. The zero-order valence-corrected chi connectivity index (χ0v) is 17.7. The second kappa shape index (κ2) is 8.41. The molecule has 0 unspecified atom stereocenters. The monoisotopic (exact) mass is 455 g/mol. The number of carbonyl (C=O) groups is 1. The van der Waals surface area contributed by atoms with Crippen LogP contribution < -0.4 is 5.32 Å². The summed E-state index contributed by atoms with van der Waals surface area (Å²) in [6.07, 6.45) is -1.01. The largest absolute Gasteiger partial charge is 0.463 e. The van der Waals surface area contributed by atoms with Gasteiger partial charge >= 0.3 is 5.97 Å². The lowest BCUT2D eigenvalue weighted by molar-refractivity contribution is -0.0580. The molecular formula is C21H21N5O7. The Bertz CT molecular complexity index is 1320. The molecule has 5 rings (SSSR count). The number of hydrogen-bond acceptors (Lipinski definition) is 11. The van der Waals surface area contributed by atoms with Crippen molar-refractivity contribution in [3.63, 3.8) is 0 Å². The number of carbonyl (C=O) groups excluding carboxylic acids is 1. The van der Waals surface area contributed by atoms with Crippen molar-refractivity contribution >= 4 is 39.6 Å². The Labute approximate surface area is 186 Å². The summed E-state index contributed by atoms with van der Waals surface area (Å²) in [6.45, 7) is 0.136. The number of aromatic nitrogens is 4. The van der Waals surface area contributed by atoms with E-state index in [1.807, 2.05) is 0 Å². The van der Waals surface area contributed by atoms with Crippen LogP contribution in [0.15, 0.2) is 41.3 Å². The van der Waals surface area contributed by atoms with Gasteiger partial charge in [0.1, 0.15) is 30.2 Å². The van der Waals surface area contributed by atoms with Crippen molar-refractivity contribution in [3.05, 3.63) is 42.7 Å². The maximum atomic E-state index is 11.7. The number of aliphatic hydroxyl groups is 2. The molecule has 3 N–H and O–H groups in total. The van der Waals surface area contributed by atoms with Gasteiger partial charge in [-0.05, 0) is 24.3 Å². The predicted octanol–water partition coefficient (Wildman–Crippen LogP) is 1.37. The van der Waals surface area contributed by atoms with Gasteiger partial charge in [-0.15, -0.1) is 0 Å². The summed E-state index contributed by atoms with van der Waals surface area (Å²) in [4.78, 5) is 24.6. The Kier molecular flexibility index (Phi) is 5.42. The molecule has 12 nitrogen and oxygen atoms in total. The maximum absolute atomic E-state index is 11.7. The second-order valence-corrected chi connectivity index (χ2v) is 7.53. The van der Waals surface area contributed by atoms with E-state index in [2.05, 4.69) is 20.3 Å². The Morgan fingerprint density at radius 3 is 2.82 bits per heavy atom. The number of methoxy groups -OCH3 is 2. The number of ether oxygens (including phenoxy) is 3. The number of aliphatic hydroxyl groups excluding tert-OH is 2. The van der Waals surface area contributed by atoms with Crippen LogP contribution in [0.4, 0.5) is 11.5 Å². The number of esters is 1. The first-order valence-corrected chi connectivity index (χ1v) is 10.1. The summed E-state index contributed by atoms with van der Waals surface area (Å²) in [5.41, 5.74) is 2.08. The zero-order valence-electron chi connectivity index (χ0n) is 17.7. The van der Waals surface area contributed by atoms with Gasteiger partial charge in [0.25, 0.3) is 0 Å². The molecule has 0 radical (unpaired) electrons. The van der Waals surface area contributed by atoms with Gasteiger partial charge in [0.05, 0.1) is 20.0 Å². The molecule has 172 valence electrons. The molecule has 33 heavy (non-hydrogen) atoms. The summed E-state index contributed by atoms with van der Waals surface area (Å²) in [5, 5.41) is 24.6. The minimum atomic E-state index is -1.18. The first-order valence-electron chi connectivity index (χ1n) is 10.1. The molecule has 0 amide bonds. The van der Waals surface area contributed by atoms with Crippen molar-refractivity contribution in [1.29, 1.82) is 0 Å². The standard InChI is InChI=1S/C21H21N5O7/c1-30-7-14-16(27)17(28)20(33-14)26-9-24-15-18(22-8-23-19(15)26)25-11-3-4-12-10(5-11)6-13(32-12)21(29)31-2/h3-6,8-9,14,16-17,20,27-28H,7H2,1-2H3,(H,22,23,25)/t14-,16-,17-,20-/m1/s1. The molecule has 1 saturated heterocycles. The third-order valence-electron chi connectivity index (χ3n) is 5.47. The van der Waals surface area contributed by atoms with E-state index >= 15 is 0 Å². The van der Waals surface area contributed by atoms with Crippen LogP contribution in [-0.2, 0) is 14.2 Å². The number of furan rings is 1. The smallest absolute Gasteiger partial charge is 0.373 e. The van der Waals surface area contributed by atoms with E-state index in [9.17, 15) is 15.0 Å². The minimum absolute atomic E-state index is 0.108. The van der Waals surface area contributed by atoms with Crippen molar-refractivity contribution in [3.8, 4) is 0 Å². The lowest BCUT2D eigenvalue weighted by atomic mass is 10.1. The molecule has 4 atom stereocenters. The van der Waals surface area contributed by atoms with Crippen LogP contribution >= 0.6 is 0 Å². The van der Waals surface area contributed by atoms with Gasteiger partial charge in [0.2, 0.25) is 5.76 Å². The Morgan fingerprint density at radius 2 is 2.03 bits per heavy atom. The molecule has 4 aromatic rings. The number of anilines is 2. The van der Waals surface area contributed by atoms with Crippen LogP contribution in [0.2, 0.25) is 0 Å². The highest BCUT2D eigenvalue weighted by molar-refractivity contribution is 5.94. The van der Waals surface area contributed by atoms with Crippen molar-refractivity contribution in [2.24, 2.45) is 0 Å². The van der Waals surface area contributed by atoms with Crippen LogP contribution in [0.1, 0.15) is 16.8 Å². The Balaban J connectivity index is 1.44.